The van der Waals surface area contributed by atoms with Gasteiger partial charge in [-0.15, -0.1) is 0 Å². The molecule has 0 aliphatic carbocycles. The Balaban J connectivity index is 2.30. The molecule has 0 radical (unpaired) electrons. The van der Waals surface area contributed by atoms with Crippen molar-refractivity contribution in [2.45, 2.75) is 46.6 Å². The first-order valence-electron chi connectivity index (χ1n) is 6.14. The summed E-state index contributed by atoms with van der Waals surface area (Å²) in [7, 11) is -2.72. The van der Waals surface area contributed by atoms with Crippen LogP contribution in [0.15, 0.2) is 0 Å². The van der Waals surface area contributed by atoms with Crippen LogP contribution in [0.1, 0.15) is 40.5 Å². The van der Waals surface area contributed by atoms with E-state index in [0.29, 0.717) is 28.9 Å². The van der Waals surface area contributed by atoms with E-state index in [4.69, 9.17) is 0 Å². The lowest BCUT2D eigenvalue weighted by Gasteiger charge is -2.30. The van der Waals surface area contributed by atoms with Crippen molar-refractivity contribution in [3.63, 3.8) is 0 Å². The summed E-state index contributed by atoms with van der Waals surface area (Å²) in [6.07, 6.45) is 1.55. The molecule has 96 valence electrons. The van der Waals surface area contributed by atoms with Crippen LogP contribution in [-0.4, -0.2) is 32.5 Å². The summed E-state index contributed by atoms with van der Waals surface area (Å²) in [5.74, 6) is 1.31. The van der Waals surface area contributed by atoms with Crippen molar-refractivity contribution in [3.8, 4) is 0 Å². The van der Waals surface area contributed by atoms with Crippen molar-refractivity contribution in [1.29, 1.82) is 0 Å². The highest BCUT2D eigenvalue weighted by Gasteiger charge is 2.25. The van der Waals surface area contributed by atoms with Crippen molar-refractivity contribution < 1.29 is 8.42 Å². The highest BCUT2D eigenvalue weighted by Crippen LogP contribution is 2.25. The zero-order valence-corrected chi connectivity index (χ0v) is 11.7. The summed E-state index contributed by atoms with van der Waals surface area (Å²) >= 11 is 0. The van der Waals surface area contributed by atoms with Gasteiger partial charge in [-0.25, -0.2) is 8.42 Å². The molecule has 0 saturated carbocycles. The van der Waals surface area contributed by atoms with E-state index in [9.17, 15) is 8.42 Å². The predicted molar refractivity (Wildman–Crippen MR) is 68.3 cm³/mol. The van der Waals surface area contributed by atoms with Crippen molar-refractivity contribution in [2.24, 2.45) is 11.3 Å². The molecule has 1 fully saturated rings. The molecule has 1 heterocycles. The van der Waals surface area contributed by atoms with E-state index < -0.39 is 9.84 Å². The first kappa shape index (κ1) is 14.0. The molecule has 0 aromatic heterocycles. The van der Waals surface area contributed by atoms with Crippen molar-refractivity contribution in [3.05, 3.63) is 0 Å². The Morgan fingerprint density at radius 1 is 1.25 bits per heavy atom. The van der Waals surface area contributed by atoms with E-state index >= 15 is 0 Å². The lowest BCUT2D eigenvalue weighted by atomic mass is 9.82. The number of rotatable bonds is 3. The summed E-state index contributed by atoms with van der Waals surface area (Å²) in [4.78, 5) is 0. The largest absolute Gasteiger partial charge is 0.314 e. The molecular weight excluding hydrogens is 222 g/mol. The van der Waals surface area contributed by atoms with Crippen LogP contribution >= 0.6 is 0 Å². The zero-order valence-electron chi connectivity index (χ0n) is 10.9. The van der Waals surface area contributed by atoms with Crippen LogP contribution in [0, 0.1) is 11.3 Å². The minimum absolute atomic E-state index is 0.313. The Morgan fingerprint density at radius 2 is 1.75 bits per heavy atom. The number of hydrogen-bond acceptors (Lipinski definition) is 3. The summed E-state index contributed by atoms with van der Waals surface area (Å²) in [6.45, 7) is 9.95. The van der Waals surface area contributed by atoms with Crippen molar-refractivity contribution >= 4 is 9.84 Å². The second kappa shape index (κ2) is 5.05. The first-order chi connectivity index (χ1) is 7.21. The molecule has 0 amide bonds. The Bertz CT molecular complexity index is 302. The number of hydrogen-bond donors (Lipinski definition) is 1. The van der Waals surface area contributed by atoms with Gasteiger partial charge in [-0.3, -0.25) is 0 Å². The minimum Gasteiger partial charge on any atom is -0.314 e. The number of sulfone groups is 1. The van der Waals surface area contributed by atoms with Crippen LogP contribution < -0.4 is 5.32 Å². The first-order valence-corrected chi connectivity index (χ1v) is 7.97. The normalized spacial score (nSPS) is 24.2. The molecule has 0 aromatic carbocycles. The van der Waals surface area contributed by atoms with Gasteiger partial charge in [0, 0.05) is 6.04 Å². The molecule has 1 N–H and O–H groups in total. The Labute approximate surface area is 99.9 Å². The quantitative estimate of drug-likeness (QED) is 0.827. The molecule has 0 aromatic rings. The third-order valence-electron chi connectivity index (χ3n) is 3.75. The van der Waals surface area contributed by atoms with Crippen molar-refractivity contribution in [1.82, 2.24) is 5.32 Å². The van der Waals surface area contributed by atoms with E-state index in [0.717, 1.165) is 19.4 Å². The fourth-order valence-electron chi connectivity index (χ4n) is 1.74. The minimum atomic E-state index is -2.72. The molecule has 3 nitrogen and oxygen atoms in total. The topological polar surface area (TPSA) is 46.2 Å². The molecule has 1 aliphatic heterocycles. The summed E-state index contributed by atoms with van der Waals surface area (Å²) in [6, 6.07) is 0.397. The highest BCUT2D eigenvalue weighted by molar-refractivity contribution is 7.91. The lowest BCUT2D eigenvalue weighted by Crippen LogP contribution is -2.41. The molecule has 16 heavy (non-hydrogen) atoms. The maximum Gasteiger partial charge on any atom is 0.150 e. The molecule has 0 bridgehead atoms. The molecule has 1 saturated heterocycles. The SMILES string of the molecule is CC(CNC1CCS(=O)(=O)CC1)C(C)(C)C. The smallest absolute Gasteiger partial charge is 0.150 e. The zero-order chi connectivity index (χ0) is 12.4. The monoisotopic (exact) mass is 247 g/mol. The van der Waals surface area contributed by atoms with Gasteiger partial charge in [0.1, 0.15) is 9.84 Å². The van der Waals surface area contributed by atoms with E-state index in [1.807, 2.05) is 0 Å². The van der Waals surface area contributed by atoms with Gasteiger partial charge in [0.2, 0.25) is 0 Å². The van der Waals surface area contributed by atoms with Gasteiger partial charge in [0.15, 0.2) is 0 Å². The fraction of sp³-hybridized carbons (Fsp3) is 1.00. The molecule has 4 heteroatoms. The molecule has 1 aliphatic rings. The van der Waals surface area contributed by atoms with Crippen LogP contribution in [-0.2, 0) is 9.84 Å². The maximum absolute atomic E-state index is 11.3. The molecule has 1 rings (SSSR count). The van der Waals surface area contributed by atoms with Gasteiger partial charge in [-0.2, -0.15) is 0 Å². The van der Waals surface area contributed by atoms with Crippen LogP contribution in [0.5, 0.6) is 0 Å². The fourth-order valence-corrected chi connectivity index (χ4v) is 3.24. The average molecular weight is 247 g/mol. The summed E-state index contributed by atoms with van der Waals surface area (Å²) < 4.78 is 22.5. The molecule has 1 unspecified atom stereocenters. The predicted octanol–water partition coefficient (Wildman–Crippen LogP) is 1.84. The Morgan fingerprint density at radius 3 is 2.19 bits per heavy atom. The van der Waals surface area contributed by atoms with Gasteiger partial charge in [-0.1, -0.05) is 27.7 Å². The van der Waals surface area contributed by atoms with Crippen LogP contribution in [0.4, 0.5) is 0 Å². The third kappa shape index (κ3) is 4.42. The van der Waals surface area contributed by atoms with Crippen LogP contribution in [0.3, 0.4) is 0 Å². The van der Waals surface area contributed by atoms with E-state index in [1.165, 1.54) is 0 Å². The highest BCUT2D eigenvalue weighted by atomic mass is 32.2. The standard InChI is InChI=1S/C12H25NO2S/c1-10(12(2,3)4)9-13-11-5-7-16(14,15)8-6-11/h10-11,13H,5-9H2,1-4H3. The van der Waals surface area contributed by atoms with Crippen LogP contribution in [0.25, 0.3) is 0 Å². The van der Waals surface area contributed by atoms with Crippen molar-refractivity contribution in [2.75, 3.05) is 18.1 Å². The second-order valence-corrected chi connectivity index (χ2v) is 8.41. The Hall–Kier alpha value is -0.0900. The van der Waals surface area contributed by atoms with Gasteiger partial charge in [0.25, 0.3) is 0 Å². The van der Waals surface area contributed by atoms with Gasteiger partial charge >= 0.3 is 0 Å². The van der Waals surface area contributed by atoms with E-state index in [1.54, 1.807) is 0 Å². The summed E-state index contributed by atoms with van der Waals surface area (Å²) in [5.41, 5.74) is 0.313. The van der Waals surface area contributed by atoms with E-state index in [-0.39, 0.29) is 0 Å². The second-order valence-electron chi connectivity index (χ2n) is 6.10. The van der Waals surface area contributed by atoms with Gasteiger partial charge in [0.05, 0.1) is 11.5 Å². The lowest BCUT2D eigenvalue weighted by molar-refractivity contribution is 0.242. The number of nitrogens with one attached hydrogen (secondary N) is 1. The summed E-state index contributed by atoms with van der Waals surface area (Å²) in [5, 5.41) is 3.50. The molecular formula is C12H25NO2S. The van der Waals surface area contributed by atoms with Gasteiger partial charge < -0.3 is 5.32 Å². The Kier molecular flexibility index (Phi) is 4.41. The van der Waals surface area contributed by atoms with Gasteiger partial charge in [-0.05, 0) is 30.7 Å². The van der Waals surface area contributed by atoms with Crippen LogP contribution in [0.2, 0.25) is 0 Å². The maximum atomic E-state index is 11.3. The third-order valence-corrected chi connectivity index (χ3v) is 5.46. The molecule has 1 atom stereocenters. The average Bonchev–Trinajstić information content (AvgIpc) is 2.14. The molecule has 0 spiro atoms. The van der Waals surface area contributed by atoms with E-state index in [2.05, 4.69) is 33.0 Å².